The second-order valence-corrected chi connectivity index (χ2v) is 10.4. The monoisotopic (exact) mass is 511 g/mol. The zero-order valence-corrected chi connectivity index (χ0v) is 21.6. The quantitative estimate of drug-likeness (QED) is 0.220. The van der Waals surface area contributed by atoms with Gasteiger partial charge in [0.2, 0.25) is 0 Å². The topological polar surface area (TPSA) is 32.0 Å². The summed E-state index contributed by atoms with van der Waals surface area (Å²) in [4.78, 5) is 13.0. The van der Waals surface area contributed by atoms with E-state index in [4.69, 9.17) is 9.97 Å². The van der Waals surface area contributed by atoms with Crippen LogP contribution in [0, 0.1) is 0 Å². The highest BCUT2D eigenvalue weighted by atomic mass is 15.3. The van der Waals surface area contributed by atoms with Crippen LogP contribution in [-0.4, -0.2) is 21.7 Å². The predicted molar refractivity (Wildman–Crippen MR) is 165 cm³/mol. The molecule has 186 valence electrons. The minimum atomic E-state index is 0.00986. The molecule has 1 atom stereocenters. The lowest BCUT2D eigenvalue weighted by Gasteiger charge is -2.44. The van der Waals surface area contributed by atoms with Crippen molar-refractivity contribution >= 4 is 56.0 Å². The molecular weight excluding hydrogens is 488 g/mol. The third kappa shape index (κ3) is 2.88. The molecule has 0 spiro atoms. The van der Waals surface area contributed by atoms with Crippen molar-refractivity contribution in [2.45, 2.75) is 6.04 Å². The minimum absolute atomic E-state index is 0.00986. The van der Waals surface area contributed by atoms with Crippen molar-refractivity contribution in [2.24, 2.45) is 0 Å². The van der Waals surface area contributed by atoms with Gasteiger partial charge in [-0.15, -0.1) is 0 Å². The molecule has 40 heavy (non-hydrogen) atoms. The largest absolute Gasteiger partial charge is 0.439 e. The SMILES string of the molecule is C1=CC2=[N+](c3nc(-c4ccccc4)c4ccccc4n3)c3ccccc3N3c4cccc5cccc(c45)C(=C1)C23. The van der Waals surface area contributed by atoms with Gasteiger partial charge in [-0.25, -0.2) is 0 Å². The van der Waals surface area contributed by atoms with E-state index in [0.29, 0.717) is 5.95 Å². The lowest BCUT2D eigenvalue weighted by molar-refractivity contribution is 0.872. The molecule has 0 amide bonds. The zero-order chi connectivity index (χ0) is 26.2. The Morgan fingerprint density at radius 2 is 1.45 bits per heavy atom. The van der Waals surface area contributed by atoms with Gasteiger partial charge in [-0.1, -0.05) is 107 Å². The van der Waals surface area contributed by atoms with Crippen LogP contribution >= 0.6 is 0 Å². The van der Waals surface area contributed by atoms with E-state index in [2.05, 4.69) is 131 Å². The van der Waals surface area contributed by atoms with Gasteiger partial charge in [0, 0.05) is 10.9 Å². The number of para-hydroxylation sites is 3. The Kier molecular flexibility index (Phi) is 4.35. The molecule has 4 nitrogen and oxygen atoms in total. The van der Waals surface area contributed by atoms with Crippen LogP contribution in [-0.2, 0) is 0 Å². The van der Waals surface area contributed by atoms with Crippen LogP contribution in [0.1, 0.15) is 5.56 Å². The standard InChI is InChI=1S/C36H23N4/c1-2-11-24(12-3-1)34-27-15-4-5-18-28(27)37-36(38-34)40-30-20-7-6-19-29(30)39-31-21-9-14-23-13-8-16-25(33(23)31)26-17-10-22-32(40)35(26)39/h1-22,35H/q+1. The van der Waals surface area contributed by atoms with E-state index in [9.17, 15) is 0 Å². The highest BCUT2D eigenvalue weighted by molar-refractivity contribution is 6.23. The van der Waals surface area contributed by atoms with Gasteiger partial charge in [-0.05, 0) is 52.9 Å². The number of rotatable bonds is 2. The van der Waals surface area contributed by atoms with Gasteiger partial charge >= 0.3 is 5.95 Å². The Bertz CT molecular complexity index is 2120. The summed E-state index contributed by atoms with van der Waals surface area (Å²) in [7, 11) is 0. The molecule has 0 radical (unpaired) electrons. The maximum absolute atomic E-state index is 5.28. The molecule has 3 heterocycles. The van der Waals surface area contributed by atoms with Gasteiger partial charge in [-0.3, -0.25) is 0 Å². The van der Waals surface area contributed by atoms with Gasteiger partial charge in [0.25, 0.3) is 0 Å². The molecule has 1 aromatic heterocycles. The van der Waals surface area contributed by atoms with Crippen molar-refractivity contribution in [3.05, 3.63) is 139 Å². The fourth-order valence-electron chi connectivity index (χ4n) is 6.67. The lowest BCUT2D eigenvalue weighted by atomic mass is 9.81. The highest BCUT2D eigenvalue weighted by Gasteiger charge is 2.44. The molecule has 1 unspecified atom stereocenters. The Balaban J connectivity index is 1.38. The smallest absolute Gasteiger partial charge is 0.323 e. The summed E-state index contributed by atoms with van der Waals surface area (Å²) >= 11 is 0. The van der Waals surface area contributed by atoms with E-state index in [1.54, 1.807) is 0 Å². The summed E-state index contributed by atoms with van der Waals surface area (Å²) in [6, 6.07) is 40.6. The summed E-state index contributed by atoms with van der Waals surface area (Å²) in [5, 5.41) is 3.61. The molecule has 5 aromatic carbocycles. The average Bonchev–Trinajstić information content (AvgIpc) is 3.02. The molecule has 6 aromatic rings. The highest BCUT2D eigenvalue weighted by Crippen LogP contribution is 2.51. The van der Waals surface area contributed by atoms with Crippen LogP contribution in [0.2, 0.25) is 0 Å². The van der Waals surface area contributed by atoms with E-state index in [1.165, 1.54) is 27.6 Å². The molecule has 3 aliphatic rings. The number of aromatic nitrogens is 2. The van der Waals surface area contributed by atoms with E-state index >= 15 is 0 Å². The lowest BCUT2D eigenvalue weighted by Crippen LogP contribution is -2.48. The minimum Gasteiger partial charge on any atom is -0.323 e. The van der Waals surface area contributed by atoms with E-state index in [1.807, 2.05) is 12.1 Å². The first-order valence-corrected chi connectivity index (χ1v) is 13.6. The van der Waals surface area contributed by atoms with Gasteiger partial charge in [0.05, 0.1) is 16.8 Å². The summed E-state index contributed by atoms with van der Waals surface area (Å²) in [6.07, 6.45) is 6.67. The van der Waals surface area contributed by atoms with Gasteiger partial charge in [-0.2, -0.15) is 4.58 Å². The van der Waals surface area contributed by atoms with Crippen LogP contribution in [0.15, 0.2) is 133 Å². The van der Waals surface area contributed by atoms with Crippen LogP contribution in [0.5, 0.6) is 0 Å². The fraction of sp³-hybridized carbons (Fsp3) is 0.0278. The molecule has 4 heteroatoms. The maximum atomic E-state index is 5.28. The first-order chi connectivity index (χ1) is 19.9. The van der Waals surface area contributed by atoms with Crippen LogP contribution in [0.25, 0.3) is 38.5 Å². The summed E-state index contributed by atoms with van der Waals surface area (Å²) < 4.78 is 2.27. The van der Waals surface area contributed by atoms with Gasteiger partial charge < -0.3 is 4.90 Å². The zero-order valence-electron chi connectivity index (χ0n) is 21.6. The Labute approximate surface area is 231 Å². The molecule has 0 bridgehead atoms. The number of fused-ring (bicyclic) bond motifs is 5. The first-order valence-electron chi connectivity index (χ1n) is 13.6. The van der Waals surface area contributed by atoms with Crippen LogP contribution in [0.3, 0.4) is 0 Å². The Hall–Kier alpha value is -5.35. The second kappa shape index (κ2) is 8.08. The third-order valence-electron chi connectivity index (χ3n) is 8.31. The number of hydrogen-bond donors (Lipinski definition) is 0. The van der Waals surface area contributed by atoms with Crippen LogP contribution in [0.4, 0.5) is 23.0 Å². The number of nitrogens with zero attached hydrogens (tertiary/aromatic N) is 4. The van der Waals surface area contributed by atoms with Crippen molar-refractivity contribution in [1.82, 2.24) is 14.5 Å². The van der Waals surface area contributed by atoms with E-state index in [-0.39, 0.29) is 6.04 Å². The predicted octanol–water partition coefficient (Wildman–Crippen LogP) is 8.21. The third-order valence-corrected chi connectivity index (χ3v) is 8.31. The number of hydrogen-bond acceptors (Lipinski definition) is 3. The number of allylic oxidation sites excluding steroid dienone is 2. The maximum Gasteiger partial charge on any atom is 0.439 e. The molecule has 9 rings (SSSR count). The van der Waals surface area contributed by atoms with Crippen LogP contribution < -0.4 is 9.48 Å². The van der Waals surface area contributed by atoms with Gasteiger partial charge in [0.1, 0.15) is 17.4 Å². The number of benzene rings is 5. The van der Waals surface area contributed by atoms with E-state index < -0.39 is 0 Å². The van der Waals surface area contributed by atoms with Gasteiger partial charge in [0.15, 0.2) is 11.2 Å². The molecule has 0 saturated heterocycles. The molecule has 1 aliphatic carbocycles. The van der Waals surface area contributed by atoms with Crippen molar-refractivity contribution < 1.29 is 0 Å². The molecule has 0 saturated carbocycles. The summed E-state index contributed by atoms with van der Waals surface area (Å²) in [5.41, 5.74) is 10.2. The van der Waals surface area contributed by atoms with Crippen molar-refractivity contribution in [3.63, 3.8) is 0 Å². The fourth-order valence-corrected chi connectivity index (χ4v) is 6.67. The average molecular weight is 512 g/mol. The Morgan fingerprint density at radius 3 is 2.38 bits per heavy atom. The number of anilines is 2. The molecule has 2 aliphatic heterocycles. The van der Waals surface area contributed by atoms with Crippen molar-refractivity contribution in [1.29, 1.82) is 0 Å². The normalized spacial score (nSPS) is 16.6. The molecule has 0 N–H and O–H groups in total. The van der Waals surface area contributed by atoms with E-state index in [0.717, 1.165) is 39.2 Å². The second-order valence-electron chi connectivity index (χ2n) is 10.4. The van der Waals surface area contributed by atoms with Crippen molar-refractivity contribution in [2.75, 3.05) is 4.90 Å². The molecular formula is C36H23N4+. The van der Waals surface area contributed by atoms with Crippen molar-refractivity contribution in [3.8, 4) is 11.3 Å². The summed E-state index contributed by atoms with van der Waals surface area (Å²) in [6.45, 7) is 0. The Morgan fingerprint density at radius 1 is 0.675 bits per heavy atom. The first kappa shape index (κ1) is 21.6. The summed E-state index contributed by atoms with van der Waals surface area (Å²) in [5.74, 6) is 0.683. The molecule has 0 fully saturated rings.